The van der Waals surface area contributed by atoms with Gasteiger partial charge in [-0.15, -0.1) is 0 Å². The molecule has 0 aliphatic carbocycles. The minimum Gasteiger partial charge on any atom is -0.463 e. The van der Waals surface area contributed by atoms with Crippen LogP contribution in [0.3, 0.4) is 0 Å². The van der Waals surface area contributed by atoms with E-state index in [0.717, 1.165) is 27.7 Å². The van der Waals surface area contributed by atoms with Crippen molar-refractivity contribution in [2.24, 2.45) is 0 Å². The molecule has 1 aliphatic rings. The van der Waals surface area contributed by atoms with Gasteiger partial charge in [0.05, 0.1) is 0 Å². The number of ether oxygens (including phenoxy) is 5. The van der Waals surface area contributed by atoms with Crippen molar-refractivity contribution in [2.75, 3.05) is 6.61 Å². The number of carbonyl (C=O) groups is 5. The SMILES string of the molecule is CC(=O)OC[C@@H]1O[C@H](OC(C)=O)[C@@H](NC(=O)C(F)(F)F)[C@H](OC(C)=O)[C@H]1OC(C)=O. The Bertz CT molecular complexity index is 695. The summed E-state index contributed by atoms with van der Waals surface area (Å²) in [5, 5.41) is 1.52. The number of halogens is 3. The van der Waals surface area contributed by atoms with E-state index in [1.54, 1.807) is 0 Å². The number of esters is 4. The van der Waals surface area contributed by atoms with Gasteiger partial charge in [0.1, 0.15) is 18.8 Å². The summed E-state index contributed by atoms with van der Waals surface area (Å²) in [7, 11) is 0. The Morgan fingerprint density at radius 2 is 1.33 bits per heavy atom. The molecule has 30 heavy (non-hydrogen) atoms. The van der Waals surface area contributed by atoms with Crippen LogP contribution in [0.2, 0.25) is 0 Å². The van der Waals surface area contributed by atoms with Crippen LogP contribution in [0.1, 0.15) is 27.7 Å². The molecule has 0 unspecified atom stereocenters. The number of amides is 1. The fraction of sp³-hybridized carbons (Fsp3) is 0.688. The zero-order chi connectivity index (χ0) is 23.2. The summed E-state index contributed by atoms with van der Waals surface area (Å²) >= 11 is 0. The highest BCUT2D eigenvalue weighted by atomic mass is 19.4. The van der Waals surface area contributed by atoms with Gasteiger partial charge in [-0.05, 0) is 0 Å². The van der Waals surface area contributed by atoms with E-state index in [1.165, 1.54) is 5.32 Å². The molecule has 1 fully saturated rings. The summed E-state index contributed by atoms with van der Waals surface area (Å²) < 4.78 is 63.2. The van der Waals surface area contributed by atoms with Crippen molar-refractivity contribution in [2.45, 2.75) is 64.5 Å². The van der Waals surface area contributed by atoms with Gasteiger partial charge in [0.15, 0.2) is 12.2 Å². The topological polar surface area (TPSA) is 144 Å². The maximum Gasteiger partial charge on any atom is 0.471 e. The second kappa shape index (κ2) is 10.2. The maximum atomic E-state index is 12.8. The van der Waals surface area contributed by atoms with Gasteiger partial charge >= 0.3 is 36.0 Å². The fourth-order valence-electron chi connectivity index (χ4n) is 2.55. The standard InChI is InChI=1S/C16H20F3NO10/c1-6(21)26-5-10-12(27-7(2)22)13(28-8(3)23)11(14(30-10)29-9(4)24)20-15(25)16(17,18)19/h10-14H,5H2,1-4H3,(H,20,25)/t10-,11-,12-,13-,14-/m0/s1. The number of hydrogen-bond acceptors (Lipinski definition) is 10. The normalized spacial score (nSPS) is 26.2. The van der Waals surface area contributed by atoms with Gasteiger partial charge in [0, 0.05) is 27.7 Å². The Kier molecular flexibility index (Phi) is 8.57. The quantitative estimate of drug-likeness (QED) is 0.431. The van der Waals surface area contributed by atoms with Crippen LogP contribution in [0.4, 0.5) is 13.2 Å². The van der Waals surface area contributed by atoms with Crippen molar-refractivity contribution in [3.8, 4) is 0 Å². The molecule has 1 heterocycles. The van der Waals surface area contributed by atoms with Crippen LogP contribution in [0.25, 0.3) is 0 Å². The highest BCUT2D eigenvalue weighted by Gasteiger charge is 2.54. The first-order chi connectivity index (χ1) is 13.7. The Labute approximate surface area is 168 Å². The lowest BCUT2D eigenvalue weighted by Gasteiger charge is -2.44. The predicted octanol–water partition coefficient (Wildman–Crippen LogP) is -0.252. The van der Waals surface area contributed by atoms with E-state index in [4.69, 9.17) is 23.7 Å². The van der Waals surface area contributed by atoms with Gasteiger partial charge in [-0.3, -0.25) is 24.0 Å². The highest BCUT2D eigenvalue weighted by molar-refractivity contribution is 5.82. The molecule has 14 heteroatoms. The summed E-state index contributed by atoms with van der Waals surface area (Å²) in [6, 6.07) is -1.91. The molecule has 0 aromatic heterocycles. The summed E-state index contributed by atoms with van der Waals surface area (Å²) in [5.41, 5.74) is 0. The van der Waals surface area contributed by atoms with Gasteiger partial charge in [-0.2, -0.15) is 13.2 Å². The first-order valence-corrected chi connectivity index (χ1v) is 8.40. The molecule has 1 aliphatic heterocycles. The van der Waals surface area contributed by atoms with E-state index in [0.29, 0.717) is 0 Å². The van der Waals surface area contributed by atoms with Crippen LogP contribution in [0.15, 0.2) is 0 Å². The molecule has 1 amide bonds. The number of alkyl halides is 3. The second-order valence-corrected chi connectivity index (χ2v) is 6.10. The van der Waals surface area contributed by atoms with E-state index < -0.39 is 73.2 Å². The van der Waals surface area contributed by atoms with Crippen LogP contribution in [0.5, 0.6) is 0 Å². The van der Waals surface area contributed by atoms with Gasteiger partial charge in [0.25, 0.3) is 0 Å². The molecule has 0 spiro atoms. The Hall–Kier alpha value is -2.90. The first kappa shape index (κ1) is 25.1. The van der Waals surface area contributed by atoms with Crippen molar-refractivity contribution in [1.29, 1.82) is 0 Å². The van der Waals surface area contributed by atoms with Gasteiger partial charge in [-0.1, -0.05) is 0 Å². The van der Waals surface area contributed by atoms with Crippen molar-refractivity contribution in [3.05, 3.63) is 0 Å². The molecule has 0 saturated carbocycles. The molecule has 0 radical (unpaired) electrons. The number of carbonyl (C=O) groups excluding carboxylic acids is 5. The molecule has 170 valence electrons. The predicted molar refractivity (Wildman–Crippen MR) is 86.2 cm³/mol. The molecule has 5 atom stereocenters. The lowest BCUT2D eigenvalue weighted by Crippen LogP contribution is -2.67. The Morgan fingerprint density at radius 1 is 0.833 bits per heavy atom. The molecule has 11 nitrogen and oxygen atoms in total. The van der Waals surface area contributed by atoms with Gasteiger partial charge in [-0.25, -0.2) is 0 Å². The van der Waals surface area contributed by atoms with Crippen LogP contribution in [-0.2, 0) is 47.7 Å². The van der Waals surface area contributed by atoms with E-state index in [2.05, 4.69) is 0 Å². The molecule has 0 aromatic carbocycles. The number of hydrogen-bond donors (Lipinski definition) is 1. The van der Waals surface area contributed by atoms with Crippen molar-refractivity contribution >= 4 is 29.8 Å². The number of nitrogens with one attached hydrogen (secondary N) is 1. The van der Waals surface area contributed by atoms with Gasteiger partial charge < -0.3 is 29.0 Å². The molecule has 1 rings (SSSR count). The van der Waals surface area contributed by atoms with Crippen LogP contribution in [0, 0.1) is 0 Å². The van der Waals surface area contributed by atoms with E-state index in [1.807, 2.05) is 0 Å². The third-order valence-corrected chi connectivity index (χ3v) is 3.54. The third-order valence-electron chi connectivity index (χ3n) is 3.54. The minimum atomic E-state index is -5.34. The lowest BCUT2D eigenvalue weighted by atomic mass is 9.96. The summed E-state index contributed by atoms with van der Waals surface area (Å²) in [5.74, 6) is -6.20. The van der Waals surface area contributed by atoms with Crippen molar-refractivity contribution < 1.29 is 60.8 Å². The minimum absolute atomic E-state index is 0.594. The number of rotatable bonds is 6. The average Bonchev–Trinajstić information content (AvgIpc) is 2.56. The highest BCUT2D eigenvalue weighted by Crippen LogP contribution is 2.29. The van der Waals surface area contributed by atoms with Crippen molar-refractivity contribution in [3.63, 3.8) is 0 Å². The smallest absolute Gasteiger partial charge is 0.463 e. The van der Waals surface area contributed by atoms with Crippen LogP contribution in [-0.4, -0.2) is 73.2 Å². The van der Waals surface area contributed by atoms with Crippen LogP contribution < -0.4 is 5.32 Å². The monoisotopic (exact) mass is 443 g/mol. The zero-order valence-electron chi connectivity index (χ0n) is 16.3. The molecular weight excluding hydrogens is 423 g/mol. The summed E-state index contributed by atoms with van der Waals surface area (Å²) in [4.78, 5) is 57.0. The third kappa shape index (κ3) is 7.50. The van der Waals surface area contributed by atoms with E-state index in [-0.39, 0.29) is 0 Å². The first-order valence-electron chi connectivity index (χ1n) is 8.40. The second-order valence-electron chi connectivity index (χ2n) is 6.10. The lowest BCUT2D eigenvalue weighted by molar-refractivity contribution is -0.272. The average molecular weight is 443 g/mol. The zero-order valence-corrected chi connectivity index (χ0v) is 16.3. The molecule has 0 aromatic rings. The molecule has 1 N–H and O–H groups in total. The molecular formula is C16H20F3NO10. The molecule has 1 saturated heterocycles. The van der Waals surface area contributed by atoms with Crippen LogP contribution >= 0.6 is 0 Å². The summed E-state index contributed by atoms with van der Waals surface area (Å²) in [6.45, 7) is 3.22. The van der Waals surface area contributed by atoms with E-state index >= 15 is 0 Å². The summed E-state index contributed by atoms with van der Waals surface area (Å²) in [6.07, 6.45) is -12.0. The van der Waals surface area contributed by atoms with Gasteiger partial charge in [0.2, 0.25) is 6.29 Å². The fourth-order valence-corrected chi connectivity index (χ4v) is 2.55. The maximum absolute atomic E-state index is 12.8. The Balaban J connectivity index is 3.39. The van der Waals surface area contributed by atoms with Crippen molar-refractivity contribution in [1.82, 2.24) is 5.32 Å². The molecule has 0 bridgehead atoms. The van der Waals surface area contributed by atoms with E-state index in [9.17, 15) is 37.1 Å². The Morgan fingerprint density at radius 3 is 1.77 bits per heavy atom. The largest absolute Gasteiger partial charge is 0.471 e.